The first kappa shape index (κ1) is 13.2. The number of hydrogen-bond donors (Lipinski definition) is 1. The van der Waals surface area contributed by atoms with Gasteiger partial charge in [0.25, 0.3) is 5.69 Å². The minimum absolute atomic E-state index is 0.130. The monoisotopic (exact) mass is 212 g/mol. The van der Waals surface area contributed by atoms with Crippen molar-refractivity contribution in [2.75, 3.05) is 12.8 Å². The van der Waals surface area contributed by atoms with Crippen LogP contribution in [0.1, 0.15) is 20.3 Å². The van der Waals surface area contributed by atoms with Crippen molar-refractivity contribution in [3.63, 3.8) is 0 Å². The summed E-state index contributed by atoms with van der Waals surface area (Å²) in [6.45, 7) is 4.25. The van der Waals surface area contributed by atoms with Crippen LogP contribution in [0.5, 0.6) is 5.75 Å². The van der Waals surface area contributed by atoms with E-state index in [9.17, 15) is 10.1 Å². The Balaban J connectivity index is 0.000000583. The number of nitro groups is 1. The van der Waals surface area contributed by atoms with Crippen LogP contribution >= 0.6 is 0 Å². The van der Waals surface area contributed by atoms with Crippen molar-refractivity contribution in [3.05, 3.63) is 28.3 Å². The molecular weight excluding hydrogens is 196 g/mol. The molecule has 2 N–H and O–H groups in total. The van der Waals surface area contributed by atoms with Crippen LogP contribution in [-0.4, -0.2) is 12.0 Å². The summed E-state index contributed by atoms with van der Waals surface area (Å²) in [5, 5.41) is 10.4. The number of benzene rings is 1. The molecule has 0 aliphatic carbocycles. The Kier molecular flexibility index (Phi) is 5.85. The Hall–Kier alpha value is -1.78. The highest BCUT2D eigenvalue weighted by Crippen LogP contribution is 2.25. The number of methoxy groups -OCH3 is 1. The summed E-state index contributed by atoms with van der Waals surface area (Å²) in [5.74, 6) is 0.427. The van der Waals surface area contributed by atoms with Crippen LogP contribution in [0.25, 0.3) is 0 Å². The second-order valence-electron chi connectivity index (χ2n) is 2.89. The third-order valence-electron chi connectivity index (χ3n) is 1.43. The van der Waals surface area contributed by atoms with E-state index in [-0.39, 0.29) is 11.4 Å². The van der Waals surface area contributed by atoms with Crippen molar-refractivity contribution in [3.8, 4) is 5.75 Å². The fourth-order valence-corrected chi connectivity index (χ4v) is 0.809. The molecule has 0 saturated heterocycles. The molecule has 0 amide bonds. The van der Waals surface area contributed by atoms with Gasteiger partial charge in [-0.15, -0.1) is 0 Å². The van der Waals surface area contributed by atoms with E-state index in [1.54, 1.807) is 6.07 Å². The van der Waals surface area contributed by atoms with Crippen molar-refractivity contribution in [1.82, 2.24) is 0 Å². The van der Waals surface area contributed by atoms with Crippen LogP contribution in [0.2, 0.25) is 0 Å². The molecule has 0 aliphatic rings. The highest BCUT2D eigenvalue weighted by Gasteiger charge is 2.11. The minimum Gasteiger partial charge on any atom is -0.496 e. The normalized spacial score (nSPS) is 8.73. The van der Waals surface area contributed by atoms with Crippen molar-refractivity contribution in [1.29, 1.82) is 0 Å². The maximum absolute atomic E-state index is 10.4. The number of anilines is 1. The summed E-state index contributed by atoms with van der Waals surface area (Å²) in [5.41, 5.74) is 5.36. The fourth-order valence-electron chi connectivity index (χ4n) is 0.809. The molecule has 0 spiro atoms. The third kappa shape index (κ3) is 4.30. The Morgan fingerprint density at radius 1 is 1.47 bits per heavy atom. The van der Waals surface area contributed by atoms with Gasteiger partial charge >= 0.3 is 0 Å². The van der Waals surface area contributed by atoms with Crippen LogP contribution in [0.15, 0.2) is 18.2 Å². The van der Waals surface area contributed by atoms with E-state index in [4.69, 9.17) is 10.5 Å². The number of ether oxygens (including phenoxy) is 1. The first-order chi connectivity index (χ1) is 7.06. The van der Waals surface area contributed by atoms with E-state index < -0.39 is 4.92 Å². The zero-order valence-electron chi connectivity index (χ0n) is 9.19. The van der Waals surface area contributed by atoms with Gasteiger partial charge < -0.3 is 10.5 Å². The zero-order valence-corrected chi connectivity index (χ0v) is 9.19. The Labute approximate surface area is 89.0 Å². The molecule has 0 fully saturated rings. The lowest BCUT2D eigenvalue weighted by Crippen LogP contribution is -1.95. The van der Waals surface area contributed by atoms with Crippen LogP contribution in [0.3, 0.4) is 0 Å². The molecular formula is C10H16N2O3. The first-order valence-corrected chi connectivity index (χ1v) is 4.64. The summed E-state index contributed by atoms with van der Waals surface area (Å²) >= 11 is 0. The number of nitrogen functional groups attached to an aromatic ring is 1. The predicted octanol–water partition coefficient (Wildman–Crippen LogP) is 2.60. The van der Waals surface area contributed by atoms with E-state index in [0.717, 1.165) is 0 Å². The number of nitrogens with two attached hydrogens (primary N) is 1. The molecule has 0 saturated carbocycles. The molecule has 5 heteroatoms. The smallest absolute Gasteiger partial charge is 0.295 e. The lowest BCUT2D eigenvalue weighted by atomic mass is 10.2. The SMILES string of the molecule is CCC.COc1ccc(N)c([N+](=O)[O-])c1. The molecule has 1 aromatic rings. The van der Waals surface area contributed by atoms with Crippen molar-refractivity contribution in [2.24, 2.45) is 0 Å². The number of nitrogens with zero attached hydrogens (tertiary/aromatic N) is 1. The maximum atomic E-state index is 10.4. The average Bonchev–Trinajstić information content (AvgIpc) is 2.19. The van der Waals surface area contributed by atoms with Crippen LogP contribution in [-0.2, 0) is 0 Å². The van der Waals surface area contributed by atoms with Gasteiger partial charge in [-0.1, -0.05) is 20.3 Å². The standard InChI is InChI=1S/C7H8N2O3.C3H8/c1-12-5-2-3-6(8)7(4-5)9(10)11;1-3-2/h2-4H,8H2,1H3;3H2,1-2H3. The van der Waals surface area contributed by atoms with Gasteiger partial charge in [0.2, 0.25) is 0 Å². The van der Waals surface area contributed by atoms with Crippen LogP contribution in [0.4, 0.5) is 11.4 Å². The summed E-state index contributed by atoms with van der Waals surface area (Å²) in [6.07, 6.45) is 1.25. The molecule has 15 heavy (non-hydrogen) atoms. The number of rotatable bonds is 2. The molecule has 0 bridgehead atoms. The number of hydrogen-bond acceptors (Lipinski definition) is 4. The summed E-state index contributed by atoms with van der Waals surface area (Å²) in [6, 6.07) is 4.30. The van der Waals surface area contributed by atoms with Gasteiger partial charge in [-0.25, -0.2) is 0 Å². The lowest BCUT2D eigenvalue weighted by Gasteiger charge is -2.00. The molecule has 1 aromatic carbocycles. The summed E-state index contributed by atoms with van der Waals surface area (Å²) in [4.78, 5) is 9.82. The predicted molar refractivity (Wildman–Crippen MR) is 60.0 cm³/mol. The van der Waals surface area contributed by atoms with Gasteiger partial charge in [0.15, 0.2) is 0 Å². The maximum Gasteiger partial charge on any atom is 0.295 e. The van der Waals surface area contributed by atoms with Gasteiger partial charge in [-0.05, 0) is 12.1 Å². The molecule has 0 atom stereocenters. The highest BCUT2D eigenvalue weighted by atomic mass is 16.6. The third-order valence-corrected chi connectivity index (χ3v) is 1.43. The van der Waals surface area contributed by atoms with E-state index in [1.165, 1.54) is 25.7 Å². The van der Waals surface area contributed by atoms with Crippen molar-refractivity contribution in [2.45, 2.75) is 20.3 Å². The topological polar surface area (TPSA) is 78.4 Å². The second-order valence-corrected chi connectivity index (χ2v) is 2.89. The molecule has 0 radical (unpaired) electrons. The molecule has 0 heterocycles. The minimum atomic E-state index is -0.544. The van der Waals surface area contributed by atoms with E-state index in [2.05, 4.69) is 13.8 Å². The first-order valence-electron chi connectivity index (χ1n) is 4.64. The zero-order chi connectivity index (χ0) is 11.8. The van der Waals surface area contributed by atoms with E-state index >= 15 is 0 Å². The molecule has 84 valence electrons. The Bertz CT molecular complexity index is 326. The van der Waals surface area contributed by atoms with Crippen molar-refractivity contribution < 1.29 is 9.66 Å². The lowest BCUT2D eigenvalue weighted by molar-refractivity contribution is -0.384. The van der Waals surface area contributed by atoms with Gasteiger partial charge in [0, 0.05) is 0 Å². The summed E-state index contributed by atoms with van der Waals surface area (Å²) < 4.78 is 4.80. The average molecular weight is 212 g/mol. The fraction of sp³-hybridized carbons (Fsp3) is 0.400. The second kappa shape index (κ2) is 6.64. The van der Waals surface area contributed by atoms with Gasteiger partial charge in [-0.3, -0.25) is 10.1 Å². The molecule has 0 aromatic heterocycles. The molecule has 0 aliphatic heterocycles. The molecule has 1 rings (SSSR count). The van der Waals surface area contributed by atoms with Crippen LogP contribution < -0.4 is 10.5 Å². The van der Waals surface area contributed by atoms with Gasteiger partial charge in [0.1, 0.15) is 11.4 Å². The molecule has 0 unspecified atom stereocenters. The van der Waals surface area contributed by atoms with Crippen LogP contribution in [0, 0.1) is 10.1 Å². The largest absolute Gasteiger partial charge is 0.496 e. The Morgan fingerprint density at radius 2 is 2.00 bits per heavy atom. The van der Waals surface area contributed by atoms with Gasteiger partial charge in [-0.2, -0.15) is 0 Å². The summed E-state index contributed by atoms with van der Waals surface area (Å²) in [7, 11) is 1.44. The quantitative estimate of drug-likeness (QED) is 0.464. The van der Waals surface area contributed by atoms with E-state index in [1.807, 2.05) is 0 Å². The van der Waals surface area contributed by atoms with E-state index in [0.29, 0.717) is 5.75 Å². The van der Waals surface area contributed by atoms with Crippen molar-refractivity contribution >= 4 is 11.4 Å². The number of nitro benzene ring substituents is 1. The Morgan fingerprint density at radius 3 is 2.40 bits per heavy atom. The highest BCUT2D eigenvalue weighted by molar-refractivity contribution is 5.60. The van der Waals surface area contributed by atoms with Gasteiger partial charge in [0.05, 0.1) is 18.1 Å². The molecule has 5 nitrogen and oxygen atoms in total.